The van der Waals surface area contributed by atoms with Gasteiger partial charge in [-0.05, 0) is 37.1 Å². The Labute approximate surface area is 145 Å². The molecular formula is C17H20ClNO5. The molecule has 2 aliphatic heterocycles. The third-order valence-electron chi connectivity index (χ3n) is 4.19. The summed E-state index contributed by atoms with van der Waals surface area (Å²) in [5.74, 6) is -0.303. The molecule has 6 nitrogen and oxygen atoms in total. The van der Waals surface area contributed by atoms with Crippen molar-refractivity contribution < 1.29 is 23.8 Å². The molecule has 1 fully saturated rings. The summed E-state index contributed by atoms with van der Waals surface area (Å²) in [4.78, 5) is 26.0. The molecule has 0 saturated carbocycles. The fourth-order valence-corrected chi connectivity index (χ4v) is 3.10. The highest BCUT2D eigenvalue weighted by Crippen LogP contribution is 2.30. The Bertz CT molecular complexity index is 635. The van der Waals surface area contributed by atoms with Crippen LogP contribution in [0.5, 0.6) is 5.75 Å². The number of nitrogens with zero attached hydrogens (tertiary/aromatic N) is 1. The van der Waals surface area contributed by atoms with Crippen molar-refractivity contribution >= 4 is 23.5 Å². The number of carbonyl (C=O) groups excluding carboxylic acids is 2. The Balaban J connectivity index is 1.51. The second-order valence-corrected chi connectivity index (χ2v) is 6.53. The second-order valence-electron chi connectivity index (χ2n) is 6.09. The van der Waals surface area contributed by atoms with Crippen LogP contribution in [0, 0.1) is 5.92 Å². The third-order valence-corrected chi connectivity index (χ3v) is 4.43. The van der Waals surface area contributed by atoms with Crippen LogP contribution in [-0.4, -0.2) is 55.8 Å². The van der Waals surface area contributed by atoms with Crippen molar-refractivity contribution in [1.82, 2.24) is 4.90 Å². The highest BCUT2D eigenvalue weighted by atomic mass is 35.5. The first kappa shape index (κ1) is 17.0. The smallest absolute Gasteiger partial charge is 0.313 e. The fourth-order valence-electron chi connectivity index (χ4n) is 2.90. The average molecular weight is 354 g/mol. The number of rotatable bonds is 3. The molecule has 2 unspecified atom stereocenters. The van der Waals surface area contributed by atoms with Crippen LogP contribution in [0.2, 0.25) is 5.02 Å². The zero-order chi connectivity index (χ0) is 17.1. The van der Waals surface area contributed by atoms with Crippen LogP contribution in [0.1, 0.15) is 12.5 Å². The number of carbonyl (C=O) groups is 2. The summed E-state index contributed by atoms with van der Waals surface area (Å²) in [6.45, 7) is 3.47. The molecule has 1 saturated heterocycles. The van der Waals surface area contributed by atoms with Gasteiger partial charge in [0.2, 0.25) is 0 Å². The maximum Gasteiger partial charge on any atom is 0.313 e. The predicted molar refractivity (Wildman–Crippen MR) is 87.1 cm³/mol. The van der Waals surface area contributed by atoms with E-state index in [0.717, 1.165) is 11.3 Å². The minimum absolute atomic E-state index is 0.00592. The summed E-state index contributed by atoms with van der Waals surface area (Å²) in [6.07, 6.45) is 0.503. The maximum atomic E-state index is 12.2. The summed E-state index contributed by atoms with van der Waals surface area (Å²) < 4.78 is 16.2. The molecule has 2 heterocycles. The lowest BCUT2D eigenvalue weighted by molar-refractivity contribution is -0.158. The number of halogens is 1. The maximum absolute atomic E-state index is 12.2. The van der Waals surface area contributed by atoms with E-state index < -0.39 is 11.9 Å². The Morgan fingerprint density at radius 1 is 1.42 bits per heavy atom. The molecule has 2 aliphatic rings. The summed E-state index contributed by atoms with van der Waals surface area (Å²) >= 11 is 5.97. The number of fused-ring (bicyclic) bond motifs is 1. The largest absolute Gasteiger partial charge is 0.492 e. The third kappa shape index (κ3) is 3.99. The van der Waals surface area contributed by atoms with Crippen molar-refractivity contribution in [3.63, 3.8) is 0 Å². The van der Waals surface area contributed by atoms with E-state index in [-0.39, 0.29) is 25.2 Å². The van der Waals surface area contributed by atoms with E-state index in [4.69, 9.17) is 25.8 Å². The van der Waals surface area contributed by atoms with Crippen LogP contribution >= 0.6 is 11.6 Å². The monoisotopic (exact) mass is 353 g/mol. The molecule has 0 bridgehead atoms. The number of hydrogen-bond acceptors (Lipinski definition) is 5. The lowest BCUT2D eigenvalue weighted by Gasteiger charge is -2.31. The van der Waals surface area contributed by atoms with Gasteiger partial charge in [-0.3, -0.25) is 9.59 Å². The summed E-state index contributed by atoms with van der Waals surface area (Å²) in [5, 5.41) is 0.600. The first-order valence-corrected chi connectivity index (χ1v) is 8.38. The van der Waals surface area contributed by atoms with Crippen LogP contribution < -0.4 is 4.74 Å². The van der Waals surface area contributed by atoms with Gasteiger partial charge in [-0.25, -0.2) is 0 Å². The van der Waals surface area contributed by atoms with Crippen LogP contribution in [-0.2, 0) is 25.5 Å². The summed E-state index contributed by atoms with van der Waals surface area (Å²) in [7, 11) is 0. The Hall–Kier alpha value is -1.79. The first-order valence-electron chi connectivity index (χ1n) is 8.00. The topological polar surface area (TPSA) is 65.1 Å². The van der Waals surface area contributed by atoms with E-state index in [1.165, 1.54) is 0 Å². The zero-order valence-corrected chi connectivity index (χ0v) is 14.3. The average Bonchev–Trinajstić information content (AvgIpc) is 2.58. The summed E-state index contributed by atoms with van der Waals surface area (Å²) in [6, 6.07) is 5.33. The van der Waals surface area contributed by atoms with Gasteiger partial charge in [-0.1, -0.05) is 11.6 Å². The number of amides is 1. The SMILES string of the molecule is CC1CN(C(=O)COC(=O)C2COc3ccc(Cl)cc3C2)CCO1. The fraction of sp³-hybridized carbons (Fsp3) is 0.529. The molecule has 3 rings (SSSR count). The molecule has 24 heavy (non-hydrogen) atoms. The van der Waals surface area contributed by atoms with E-state index in [1.54, 1.807) is 23.1 Å². The van der Waals surface area contributed by atoms with E-state index in [9.17, 15) is 9.59 Å². The van der Waals surface area contributed by atoms with E-state index in [0.29, 0.717) is 31.1 Å². The molecule has 0 aromatic heterocycles. The van der Waals surface area contributed by atoms with Gasteiger partial charge in [-0.2, -0.15) is 0 Å². The molecule has 0 N–H and O–H groups in total. The van der Waals surface area contributed by atoms with Crippen LogP contribution in [0.25, 0.3) is 0 Å². The molecule has 0 radical (unpaired) electrons. The van der Waals surface area contributed by atoms with Gasteiger partial charge in [0, 0.05) is 18.1 Å². The van der Waals surface area contributed by atoms with E-state index in [1.807, 2.05) is 6.92 Å². The van der Waals surface area contributed by atoms with Crippen LogP contribution in [0.3, 0.4) is 0 Å². The molecule has 1 aromatic rings. The Morgan fingerprint density at radius 3 is 3.04 bits per heavy atom. The van der Waals surface area contributed by atoms with Gasteiger partial charge >= 0.3 is 5.97 Å². The minimum atomic E-state index is -0.424. The number of esters is 1. The van der Waals surface area contributed by atoms with Crippen molar-refractivity contribution in [3.05, 3.63) is 28.8 Å². The van der Waals surface area contributed by atoms with Crippen molar-refractivity contribution in [2.75, 3.05) is 32.9 Å². The quantitative estimate of drug-likeness (QED) is 0.774. The van der Waals surface area contributed by atoms with E-state index >= 15 is 0 Å². The van der Waals surface area contributed by atoms with E-state index in [2.05, 4.69) is 0 Å². The molecule has 1 amide bonds. The highest BCUT2D eigenvalue weighted by molar-refractivity contribution is 6.30. The normalized spacial score (nSPS) is 23.2. The molecular weight excluding hydrogens is 334 g/mol. The zero-order valence-electron chi connectivity index (χ0n) is 13.5. The summed E-state index contributed by atoms with van der Waals surface area (Å²) in [5.41, 5.74) is 0.879. The van der Waals surface area contributed by atoms with Crippen LogP contribution in [0.15, 0.2) is 18.2 Å². The molecule has 0 aliphatic carbocycles. The predicted octanol–water partition coefficient (Wildman–Crippen LogP) is 1.68. The van der Waals surface area contributed by atoms with Gasteiger partial charge in [-0.15, -0.1) is 0 Å². The number of ether oxygens (including phenoxy) is 3. The first-order chi connectivity index (χ1) is 11.5. The van der Waals surface area contributed by atoms with Gasteiger partial charge in [0.15, 0.2) is 6.61 Å². The van der Waals surface area contributed by atoms with Crippen LogP contribution in [0.4, 0.5) is 0 Å². The minimum Gasteiger partial charge on any atom is -0.492 e. The molecule has 2 atom stereocenters. The molecule has 0 spiro atoms. The van der Waals surface area contributed by atoms with Gasteiger partial charge in [0.05, 0.1) is 18.6 Å². The van der Waals surface area contributed by atoms with Crippen molar-refractivity contribution in [2.24, 2.45) is 5.92 Å². The Kier molecular flexibility index (Phi) is 5.26. The molecule has 1 aromatic carbocycles. The van der Waals surface area contributed by atoms with Crippen molar-refractivity contribution in [2.45, 2.75) is 19.4 Å². The van der Waals surface area contributed by atoms with Gasteiger partial charge in [0.1, 0.15) is 12.4 Å². The second kappa shape index (κ2) is 7.40. The lowest BCUT2D eigenvalue weighted by Crippen LogP contribution is -2.46. The molecule has 7 heteroatoms. The highest BCUT2D eigenvalue weighted by Gasteiger charge is 2.29. The Morgan fingerprint density at radius 2 is 2.25 bits per heavy atom. The number of morpholine rings is 1. The lowest BCUT2D eigenvalue weighted by atomic mass is 9.97. The number of hydrogen-bond donors (Lipinski definition) is 0. The van der Waals surface area contributed by atoms with Gasteiger partial charge in [0.25, 0.3) is 5.91 Å². The van der Waals surface area contributed by atoms with Gasteiger partial charge < -0.3 is 19.1 Å². The van der Waals surface area contributed by atoms with Crippen molar-refractivity contribution in [3.8, 4) is 5.75 Å². The molecule has 130 valence electrons. The number of benzene rings is 1. The van der Waals surface area contributed by atoms with Crippen molar-refractivity contribution in [1.29, 1.82) is 0 Å². The standard InChI is InChI=1S/C17H20ClNO5/c1-11-8-19(4-5-22-11)16(20)10-24-17(21)13-6-12-7-14(18)2-3-15(12)23-9-13/h2-3,7,11,13H,4-6,8-10H2,1H3.